The molecule has 4 aromatic rings. The Morgan fingerprint density at radius 2 is 1.93 bits per heavy atom. The smallest absolute Gasteiger partial charge is 0.348 e. The molecule has 0 unspecified atom stereocenters. The Hall–Kier alpha value is -2.86. The Kier molecular flexibility index (Phi) is 3.00. The summed E-state index contributed by atoms with van der Waals surface area (Å²) in [5.41, 5.74) is 1.72. The first-order valence-corrected chi connectivity index (χ1v) is 9.13. The molecule has 0 N–H and O–H groups in total. The molecule has 6 rings (SSSR count). The van der Waals surface area contributed by atoms with Gasteiger partial charge in [-0.1, -0.05) is 0 Å². The number of nitrogens with zero attached hydrogens (tertiary/aromatic N) is 1. The molecule has 1 saturated carbocycles. The lowest BCUT2D eigenvalue weighted by Crippen LogP contribution is -2.33. The molecule has 0 spiro atoms. The van der Waals surface area contributed by atoms with Gasteiger partial charge in [0.15, 0.2) is 5.58 Å². The van der Waals surface area contributed by atoms with Gasteiger partial charge in [0.2, 0.25) is 0 Å². The second-order valence-corrected chi connectivity index (χ2v) is 7.48. The van der Waals surface area contributed by atoms with E-state index < -0.39 is 11.4 Å². The van der Waals surface area contributed by atoms with Crippen LogP contribution in [0.5, 0.6) is 5.75 Å². The molecule has 136 valence electrons. The number of hydrogen-bond donors (Lipinski definition) is 0. The van der Waals surface area contributed by atoms with Crippen LogP contribution >= 0.6 is 0 Å². The number of rotatable bonds is 2. The number of furan rings is 1. The summed E-state index contributed by atoms with van der Waals surface area (Å²) in [6, 6.07) is 7.74. The summed E-state index contributed by atoms with van der Waals surface area (Å²) in [6.07, 6.45) is 2.53. The molecule has 0 saturated heterocycles. The number of halogens is 1. The van der Waals surface area contributed by atoms with Crippen LogP contribution in [0.4, 0.5) is 4.39 Å². The first-order chi connectivity index (χ1) is 13.2. The Morgan fingerprint density at radius 1 is 1.07 bits per heavy atom. The average molecular weight is 365 g/mol. The molecule has 0 atom stereocenters. The second kappa shape index (κ2) is 5.33. The molecule has 6 heteroatoms. The zero-order valence-electron chi connectivity index (χ0n) is 14.5. The highest BCUT2D eigenvalue weighted by atomic mass is 19.1. The minimum Gasteiger partial charge on any atom is -0.478 e. The van der Waals surface area contributed by atoms with Crippen LogP contribution in [0.1, 0.15) is 18.4 Å². The maximum atomic E-state index is 13.8. The largest absolute Gasteiger partial charge is 0.478 e. The van der Waals surface area contributed by atoms with E-state index in [4.69, 9.17) is 13.6 Å². The van der Waals surface area contributed by atoms with E-state index in [-0.39, 0.29) is 0 Å². The van der Waals surface area contributed by atoms with Crippen molar-refractivity contribution >= 4 is 32.9 Å². The van der Waals surface area contributed by atoms with Crippen molar-refractivity contribution in [3.63, 3.8) is 0 Å². The Labute approximate surface area is 152 Å². The van der Waals surface area contributed by atoms with Gasteiger partial charge in [-0.25, -0.2) is 9.18 Å². The normalized spacial score (nSPS) is 17.5. The van der Waals surface area contributed by atoms with Gasteiger partial charge < -0.3 is 13.6 Å². The molecular formula is C21H16FNO4. The highest BCUT2D eigenvalue weighted by Crippen LogP contribution is 2.40. The van der Waals surface area contributed by atoms with E-state index in [2.05, 4.69) is 4.90 Å². The maximum Gasteiger partial charge on any atom is 0.348 e. The van der Waals surface area contributed by atoms with Gasteiger partial charge in [-0.2, -0.15) is 0 Å². The number of ether oxygens (including phenoxy) is 1. The van der Waals surface area contributed by atoms with E-state index in [0.29, 0.717) is 46.2 Å². The molecule has 2 aromatic carbocycles. The van der Waals surface area contributed by atoms with Gasteiger partial charge in [0.25, 0.3) is 0 Å². The molecule has 1 aliphatic carbocycles. The van der Waals surface area contributed by atoms with Gasteiger partial charge >= 0.3 is 5.63 Å². The van der Waals surface area contributed by atoms with E-state index in [1.54, 1.807) is 6.07 Å². The summed E-state index contributed by atoms with van der Waals surface area (Å²) in [5, 5.41) is 1.53. The predicted molar refractivity (Wildman–Crippen MR) is 98.3 cm³/mol. The van der Waals surface area contributed by atoms with E-state index in [9.17, 15) is 9.18 Å². The lowest BCUT2D eigenvalue weighted by atomic mass is 10.0. The molecule has 5 nitrogen and oxygen atoms in total. The van der Waals surface area contributed by atoms with Gasteiger partial charge in [-0.05, 0) is 49.1 Å². The molecule has 2 aliphatic rings. The summed E-state index contributed by atoms with van der Waals surface area (Å²) >= 11 is 0. The van der Waals surface area contributed by atoms with Crippen LogP contribution in [0, 0.1) is 11.7 Å². The fourth-order valence-corrected chi connectivity index (χ4v) is 4.05. The molecular weight excluding hydrogens is 349 g/mol. The average Bonchev–Trinajstić information content (AvgIpc) is 3.38. The summed E-state index contributed by atoms with van der Waals surface area (Å²) in [7, 11) is 0. The lowest BCUT2D eigenvalue weighted by molar-refractivity contribution is 0.0919. The minimum atomic E-state index is -0.476. The highest BCUT2D eigenvalue weighted by Gasteiger charge is 2.29. The third-order valence-electron chi connectivity index (χ3n) is 5.51. The molecule has 1 aliphatic heterocycles. The van der Waals surface area contributed by atoms with Crippen molar-refractivity contribution in [2.75, 3.05) is 13.3 Å². The summed E-state index contributed by atoms with van der Waals surface area (Å²) < 4.78 is 31.2. The predicted octanol–water partition coefficient (Wildman–Crippen LogP) is 4.39. The van der Waals surface area contributed by atoms with Crippen molar-refractivity contribution in [3.8, 4) is 5.75 Å². The summed E-state index contributed by atoms with van der Waals surface area (Å²) in [4.78, 5) is 15.0. The SMILES string of the molecule is O=c1oc2ccc(F)cc2c2oc3ccc4c(c3c12)CN(CC1CC1)CO4. The van der Waals surface area contributed by atoms with Gasteiger partial charge in [0.1, 0.15) is 34.8 Å². The maximum absolute atomic E-state index is 13.8. The van der Waals surface area contributed by atoms with Crippen LogP contribution in [0.2, 0.25) is 0 Å². The Bertz CT molecular complexity index is 1280. The van der Waals surface area contributed by atoms with Gasteiger partial charge in [0.05, 0.1) is 5.39 Å². The van der Waals surface area contributed by atoms with Gasteiger partial charge in [0, 0.05) is 24.0 Å². The Morgan fingerprint density at radius 3 is 2.78 bits per heavy atom. The fourth-order valence-electron chi connectivity index (χ4n) is 4.05. The fraction of sp³-hybridized carbons (Fsp3) is 0.286. The van der Waals surface area contributed by atoms with Gasteiger partial charge in [-0.3, -0.25) is 4.90 Å². The van der Waals surface area contributed by atoms with Crippen LogP contribution in [0.3, 0.4) is 0 Å². The van der Waals surface area contributed by atoms with Crippen molar-refractivity contribution in [1.29, 1.82) is 0 Å². The van der Waals surface area contributed by atoms with E-state index in [0.717, 1.165) is 23.8 Å². The van der Waals surface area contributed by atoms with Crippen LogP contribution in [0.25, 0.3) is 32.9 Å². The second-order valence-electron chi connectivity index (χ2n) is 7.48. The molecule has 27 heavy (non-hydrogen) atoms. The third-order valence-corrected chi connectivity index (χ3v) is 5.51. The summed E-state index contributed by atoms with van der Waals surface area (Å²) in [5.74, 6) is 1.10. The Balaban J connectivity index is 1.65. The van der Waals surface area contributed by atoms with Crippen molar-refractivity contribution in [2.24, 2.45) is 5.92 Å². The topological polar surface area (TPSA) is 55.8 Å². The minimum absolute atomic E-state index is 0.313. The van der Waals surface area contributed by atoms with Gasteiger partial charge in [-0.15, -0.1) is 0 Å². The molecule has 0 bridgehead atoms. The lowest BCUT2D eigenvalue weighted by Gasteiger charge is -2.29. The van der Waals surface area contributed by atoms with E-state index in [1.165, 1.54) is 31.0 Å². The third kappa shape index (κ3) is 2.29. The monoisotopic (exact) mass is 365 g/mol. The van der Waals surface area contributed by atoms with Crippen LogP contribution in [-0.4, -0.2) is 18.2 Å². The first-order valence-electron chi connectivity index (χ1n) is 9.13. The standard InChI is InChI=1S/C21H16FNO4/c22-12-3-4-16-13(7-12)20-19(21(24)27-16)18-14-9-23(8-11-1-2-11)10-25-15(14)5-6-17(18)26-20/h3-7,11H,1-2,8-10H2. The molecule has 2 aromatic heterocycles. The van der Waals surface area contributed by atoms with Crippen molar-refractivity contribution in [2.45, 2.75) is 19.4 Å². The van der Waals surface area contributed by atoms with Crippen LogP contribution in [0.15, 0.2) is 44.0 Å². The quantitative estimate of drug-likeness (QED) is 0.493. The molecule has 0 amide bonds. The summed E-state index contributed by atoms with van der Waals surface area (Å²) in [6.45, 7) is 2.24. The number of benzene rings is 2. The van der Waals surface area contributed by atoms with E-state index in [1.807, 2.05) is 6.07 Å². The van der Waals surface area contributed by atoms with Crippen LogP contribution < -0.4 is 10.4 Å². The van der Waals surface area contributed by atoms with Crippen molar-refractivity contribution < 1.29 is 18.0 Å². The van der Waals surface area contributed by atoms with E-state index >= 15 is 0 Å². The van der Waals surface area contributed by atoms with Crippen molar-refractivity contribution in [1.82, 2.24) is 4.90 Å². The number of hydrogen-bond acceptors (Lipinski definition) is 5. The first kappa shape index (κ1) is 15.2. The number of fused-ring (bicyclic) bond motifs is 7. The zero-order valence-corrected chi connectivity index (χ0v) is 14.5. The highest BCUT2D eigenvalue weighted by molar-refractivity contribution is 6.14. The molecule has 1 fully saturated rings. The van der Waals surface area contributed by atoms with Crippen LogP contribution in [-0.2, 0) is 6.54 Å². The van der Waals surface area contributed by atoms with Crippen molar-refractivity contribution in [3.05, 3.63) is 52.1 Å². The molecule has 0 radical (unpaired) electrons. The molecule has 3 heterocycles. The zero-order chi connectivity index (χ0) is 18.1.